The zero-order valence-corrected chi connectivity index (χ0v) is 34.5. The van der Waals surface area contributed by atoms with Crippen molar-refractivity contribution in [3.8, 4) is 22.3 Å². The normalized spacial score (nSPS) is 17.6. The first-order valence-corrected chi connectivity index (χ1v) is 19.3. The Bertz CT molecular complexity index is 2420. The van der Waals surface area contributed by atoms with Crippen LogP contribution in [0.1, 0.15) is 76.5 Å². The van der Waals surface area contributed by atoms with Crippen LogP contribution in [-0.4, -0.2) is 102 Å². The number of amides is 2. The molecule has 3 aliphatic rings. The Morgan fingerprint density at radius 2 is 1.64 bits per heavy atom. The SMILES string of the molecule is CCOC(=O)c1cn(N(C)C(=O)OC(C)(C)C)c2ncc(-c3cnc4c(c3N3CC[C@H]5CN(C)C[C@H]53)-c3c(F)c(F)cc(N(C)C(=O)OC(C)(C)C)c3C4)cc2c1=O. The average Bonchev–Trinajstić information content (AvgIpc) is 3.83. The molecule has 1 aromatic carbocycles. The summed E-state index contributed by atoms with van der Waals surface area (Å²) in [6.45, 7) is 14.1. The number of esters is 1. The molecular formula is C42H49F2N7O7. The van der Waals surface area contributed by atoms with Gasteiger partial charge in [-0.25, -0.2) is 37.8 Å². The van der Waals surface area contributed by atoms with Crippen LogP contribution in [0.5, 0.6) is 0 Å². The Morgan fingerprint density at radius 3 is 2.31 bits per heavy atom. The molecule has 7 rings (SSSR count). The second-order valence-corrected chi connectivity index (χ2v) is 17.2. The number of carbonyl (C=O) groups is 3. The minimum absolute atomic E-state index is 0.000697. The summed E-state index contributed by atoms with van der Waals surface area (Å²) in [5.74, 6) is -2.79. The van der Waals surface area contributed by atoms with E-state index in [4.69, 9.17) is 19.2 Å². The molecule has 0 bridgehead atoms. The summed E-state index contributed by atoms with van der Waals surface area (Å²) in [5.41, 5.74) is 0.277. The van der Waals surface area contributed by atoms with Gasteiger partial charge in [-0.3, -0.25) is 14.7 Å². The van der Waals surface area contributed by atoms with E-state index in [1.54, 1.807) is 60.7 Å². The lowest BCUT2D eigenvalue weighted by atomic mass is 9.96. The summed E-state index contributed by atoms with van der Waals surface area (Å²) in [5, 5.41) is 1.09. The minimum Gasteiger partial charge on any atom is -0.462 e. The second-order valence-electron chi connectivity index (χ2n) is 17.2. The molecule has 0 unspecified atom stereocenters. The lowest BCUT2D eigenvalue weighted by Crippen LogP contribution is -2.42. The fraction of sp³-hybridized carbons (Fsp3) is 0.476. The Balaban J connectivity index is 1.46. The van der Waals surface area contributed by atoms with E-state index in [0.29, 0.717) is 46.1 Å². The third-order valence-corrected chi connectivity index (χ3v) is 10.7. The lowest BCUT2D eigenvalue weighted by Gasteiger charge is -2.31. The topological polar surface area (TPSA) is 140 Å². The maximum atomic E-state index is 16.5. The molecule has 2 saturated heterocycles. The molecule has 308 valence electrons. The summed E-state index contributed by atoms with van der Waals surface area (Å²) in [7, 11) is 4.93. The van der Waals surface area contributed by atoms with Gasteiger partial charge in [0, 0.05) is 93.1 Å². The number of anilines is 2. The molecule has 5 heterocycles. The predicted molar refractivity (Wildman–Crippen MR) is 215 cm³/mol. The molecule has 0 radical (unpaired) electrons. The van der Waals surface area contributed by atoms with Crippen LogP contribution in [0.25, 0.3) is 33.3 Å². The van der Waals surface area contributed by atoms with Crippen molar-refractivity contribution in [1.29, 1.82) is 0 Å². The molecule has 0 saturated carbocycles. The number of pyridine rings is 3. The first-order valence-electron chi connectivity index (χ1n) is 19.3. The van der Waals surface area contributed by atoms with Gasteiger partial charge < -0.3 is 24.0 Å². The maximum Gasteiger partial charge on any atom is 0.429 e. The average molecular weight is 802 g/mol. The van der Waals surface area contributed by atoms with Crippen molar-refractivity contribution in [2.75, 3.05) is 62.2 Å². The highest BCUT2D eigenvalue weighted by Gasteiger charge is 2.44. The van der Waals surface area contributed by atoms with Gasteiger partial charge in [0.2, 0.25) is 5.43 Å². The summed E-state index contributed by atoms with van der Waals surface area (Å²) in [4.78, 5) is 69.0. The van der Waals surface area contributed by atoms with Crippen LogP contribution in [0.2, 0.25) is 0 Å². The number of rotatable bonds is 6. The monoisotopic (exact) mass is 801 g/mol. The summed E-state index contributed by atoms with van der Waals surface area (Å²) < 4.78 is 49.9. The van der Waals surface area contributed by atoms with E-state index in [1.165, 1.54) is 36.1 Å². The quantitative estimate of drug-likeness (QED) is 0.137. The number of halogens is 2. The van der Waals surface area contributed by atoms with Gasteiger partial charge in [-0.05, 0) is 79.5 Å². The van der Waals surface area contributed by atoms with Gasteiger partial charge in [-0.1, -0.05) is 0 Å². The van der Waals surface area contributed by atoms with Gasteiger partial charge in [0.15, 0.2) is 17.3 Å². The number of carbonyl (C=O) groups excluding carboxylic acids is 3. The van der Waals surface area contributed by atoms with Crippen molar-refractivity contribution in [3.63, 3.8) is 0 Å². The minimum atomic E-state index is -1.14. The molecule has 2 atom stereocenters. The molecule has 2 fully saturated rings. The first-order chi connectivity index (χ1) is 27.2. The highest BCUT2D eigenvalue weighted by Crippen LogP contribution is 2.52. The molecule has 1 aliphatic carbocycles. The second kappa shape index (κ2) is 14.6. The number of hydrogen-bond donors (Lipinski definition) is 0. The maximum absolute atomic E-state index is 16.5. The van der Waals surface area contributed by atoms with Gasteiger partial charge in [-0.2, -0.15) is 0 Å². The number of benzene rings is 1. The molecule has 14 nitrogen and oxygen atoms in total. The Kier molecular flexibility index (Phi) is 10.2. The summed E-state index contributed by atoms with van der Waals surface area (Å²) in [6.07, 6.45) is 3.83. The van der Waals surface area contributed by atoms with Gasteiger partial charge in [-0.15, -0.1) is 0 Å². The van der Waals surface area contributed by atoms with Gasteiger partial charge in [0.1, 0.15) is 16.8 Å². The molecule has 3 aromatic heterocycles. The lowest BCUT2D eigenvalue weighted by molar-refractivity contribution is 0.0513. The number of fused-ring (bicyclic) bond motifs is 5. The van der Waals surface area contributed by atoms with Crippen LogP contribution >= 0.6 is 0 Å². The number of ether oxygens (including phenoxy) is 3. The van der Waals surface area contributed by atoms with Crippen molar-refractivity contribution < 1.29 is 37.4 Å². The van der Waals surface area contributed by atoms with E-state index in [2.05, 4.69) is 14.8 Å². The van der Waals surface area contributed by atoms with Gasteiger partial charge in [0.25, 0.3) is 0 Å². The number of aromatic nitrogens is 3. The Hall–Kier alpha value is -5.64. The number of likely N-dealkylation sites (tertiary alicyclic amines) is 1. The Labute approximate surface area is 335 Å². The van der Waals surface area contributed by atoms with Crippen molar-refractivity contribution >= 4 is 40.6 Å². The van der Waals surface area contributed by atoms with Crippen LogP contribution in [0.3, 0.4) is 0 Å². The van der Waals surface area contributed by atoms with Crippen LogP contribution in [0.15, 0.2) is 35.5 Å². The molecule has 58 heavy (non-hydrogen) atoms. The number of nitrogens with zero attached hydrogens (tertiary/aromatic N) is 7. The van der Waals surface area contributed by atoms with Crippen molar-refractivity contribution in [2.45, 2.75) is 78.6 Å². The van der Waals surface area contributed by atoms with Crippen molar-refractivity contribution in [3.05, 3.63) is 69.4 Å². The predicted octanol–water partition coefficient (Wildman–Crippen LogP) is 6.50. The third-order valence-electron chi connectivity index (χ3n) is 10.7. The summed E-state index contributed by atoms with van der Waals surface area (Å²) >= 11 is 0. The van der Waals surface area contributed by atoms with Gasteiger partial charge in [0.05, 0.1) is 29.1 Å². The molecule has 2 aliphatic heterocycles. The molecule has 2 amide bonds. The fourth-order valence-electron chi connectivity index (χ4n) is 8.22. The van der Waals surface area contributed by atoms with Crippen LogP contribution < -0.4 is 20.2 Å². The van der Waals surface area contributed by atoms with E-state index >= 15 is 8.78 Å². The van der Waals surface area contributed by atoms with Crippen LogP contribution in [-0.2, 0) is 20.6 Å². The fourth-order valence-corrected chi connectivity index (χ4v) is 8.22. The van der Waals surface area contributed by atoms with Gasteiger partial charge >= 0.3 is 18.2 Å². The van der Waals surface area contributed by atoms with Crippen molar-refractivity contribution in [1.82, 2.24) is 19.5 Å². The number of hydrogen-bond acceptors (Lipinski definition) is 11. The van der Waals surface area contributed by atoms with E-state index in [9.17, 15) is 19.2 Å². The molecule has 0 N–H and O–H groups in total. The third kappa shape index (κ3) is 7.22. The van der Waals surface area contributed by atoms with Crippen molar-refractivity contribution in [2.24, 2.45) is 5.92 Å². The number of likely N-dealkylation sites (N-methyl/N-ethyl adjacent to an activating group) is 1. The largest absolute Gasteiger partial charge is 0.462 e. The smallest absolute Gasteiger partial charge is 0.429 e. The highest BCUT2D eigenvalue weighted by atomic mass is 19.2. The standard InChI is InChI=1S/C42H49F2N7O7/c1-11-56-38(53)27-20-51(49(10)40(55)58-42(5,6)7)37-25(36(27)52)14-23(17-46-37)26-18-45-29-15-24-30(48(9)39(54)57-41(2,3)4)16-28(43)34(44)32(24)33(29)35(26)50-13-12-22-19-47(8)21-31(22)50/h14,16-18,20,22,31H,11-13,15,19,21H2,1-10H3/t22-,31+/m0/s1. The van der Waals surface area contributed by atoms with E-state index in [1.807, 2.05) is 7.05 Å². The van der Waals surface area contributed by atoms with Crippen LogP contribution in [0.4, 0.5) is 29.7 Å². The zero-order valence-electron chi connectivity index (χ0n) is 34.5. The first kappa shape index (κ1) is 40.6. The summed E-state index contributed by atoms with van der Waals surface area (Å²) in [6, 6.07) is 2.60. The molecule has 0 spiro atoms. The molecular weight excluding hydrogens is 752 g/mol. The van der Waals surface area contributed by atoms with E-state index < -0.39 is 46.4 Å². The molecule has 16 heteroatoms. The molecule has 4 aromatic rings. The Morgan fingerprint density at radius 1 is 0.948 bits per heavy atom. The van der Waals surface area contributed by atoms with E-state index in [-0.39, 0.29) is 46.9 Å². The zero-order chi connectivity index (χ0) is 42.2. The highest BCUT2D eigenvalue weighted by molar-refractivity contribution is 6.01. The van der Waals surface area contributed by atoms with E-state index in [0.717, 1.165) is 30.6 Å². The van der Waals surface area contributed by atoms with Crippen LogP contribution in [0, 0.1) is 17.6 Å².